The molecule has 0 unspecified atom stereocenters. The molecule has 0 spiro atoms. The lowest BCUT2D eigenvalue weighted by Crippen LogP contribution is -2.18. The van der Waals surface area contributed by atoms with E-state index in [1.54, 1.807) is 11.3 Å². The minimum atomic E-state index is -0.0856. The zero-order valence-electron chi connectivity index (χ0n) is 9.17. The zero-order valence-corrected chi connectivity index (χ0v) is 9.99. The predicted molar refractivity (Wildman–Crippen MR) is 63.4 cm³/mol. The van der Waals surface area contributed by atoms with Gasteiger partial charge in [-0.15, -0.1) is 15.9 Å². The standard InChI is InChI=1S/C10H9N5OS/c1-14-9-7(5-3-2-4-6(5)17-9)8(16)15-10(14)11-12-13-15/h2-4H2,1H3. The maximum atomic E-state index is 12.3. The monoisotopic (exact) mass is 247 g/mol. The third kappa shape index (κ3) is 0.998. The molecule has 3 aromatic rings. The quantitative estimate of drug-likeness (QED) is 0.581. The summed E-state index contributed by atoms with van der Waals surface area (Å²) in [5.74, 6) is 0.502. The van der Waals surface area contributed by atoms with Crippen molar-refractivity contribution in [3.63, 3.8) is 0 Å². The summed E-state index contributed by atoms with van der Waals surface area (Å²) in [4.78, 5) is 14.7. The first-order valence-corrected chi connectivity index (χ1v) is 6.30. The van der Waals surface area contributed by atoms with E-state index in [2.05, 4.69) is 15.5 Å². The van der Waals surface area contributed by atoms with E-state index >= 15 is 0 Å². The van der Waals surface area contributed by atoms with Gasteiger partial charge in [0.05, 0.1) is 5.39 Å². The Kier molecular flexibility index (Phi) is 1.60. The zero-order chi connectivity index (χ0) is 11.6. The van der Waals surface area contributed by atoms with Crippen LogP contribution in [0.15, 0.2) is 4.79 Å². The third-order valence-electron chi connectivity index (χ3n) is 3.37. The van der Waals surface area contributed by atoms with Crippen LogP contribution in [0.5, 0.6) is 0 Å². The summed E-state index contributed by atoms with van der Waals surface area (Å²) in [7, 11) is 1.90. The van der Waals surface area contributed by atoms with Gasteiger partial charge in [-0.25, -0.2) is 0 Å². The molecule has 0 aliphatic heterocycles. The number of hydrogen-bond donors (Lipinski definition) is 0. The van der Waals surface area contributed by atoms with Crippen LogP contribution < -0.4 is 5.56 Å². The molecule has 4 rings (SSSR count). The van der Waals surface area contributed by atoms with E-state index in [9.17, 15) is 4.79 Å². The lowest BCUT2D eigenvalue weighted by atomic mass is 10.2. The van der Waals surface area contributed by atoms with Gasteiger partial charge in [-0.2, -0.15) is 0 Å². The molecule has 0 saturated carbocycles. The number of aryl methyl sites for hydroxylation is 3. The van der Waals surface area contributed by atoms with Crippen LogP contribution >= 0.6 is 11.3 Å². The number of rotatable bonds is 0. The summed E-state index contributed by atoms with van der Waals surface area (Å²) < 4.78 is 3.19. The molecule has 0 aromatic carbocycles. The van der Waals surface area contributed by atoms with Crippen molar-refractivity contribution < 1.29 is 0 Å². The van der Waals surface area contributed by atoms with Crippen molar-refractivity contribution in [1.29, 1.82) is 0 Å². The van der Waals surface area contributed by atoms with Crippen molar-refractivity contribution in [2.45, 2.75) is 19.3 Å². The van der Waals surface area contributed by atoms with Gasteiger partial charge in [-0.05, 0) is 35.3 Å². The maximum absolute atomic E-state index is 12.3. The Morgan fingerprint density at radius 3 is 3.12 bits per heavy atom. The van der Waals surface area contributed by atoms with Crippen molar-refractivity contribution in [3.8, 4) is 0 Å². The molecule has 6 nitrogen and oxygen atoms in total. The maximum Gasteiger partial charge on any atom is 0.286 e. The van der Waals surface area contributed by atoms with Crippen LogP contribution in [0.2, 0.25) is 0 Å². The van der Waals surface area contributed by atoms with E-state index in [0.29, 0.717) is 5.78 Å². The second-order valence-corrected chi connectivity index (χ2v) is 5.38. The molecule has 0 atom stereocenters. The highest BCUT2D eigenvalue weighted by molar-refractivity contribution is 7.19. The fourth-order valence-electron chi connectivity index (χ4n) is 2.57. The van der Waals surface area contributed by atoms with Crippen LogP contribution in [0.3, 0.4) is 0 Å². The van der Waals surface area contributed by atoms with E-state index in [-0.39, 0.29) is 5.56 Å². The second kappa shape index (κ2) is 2.92. The Hall–Kier alpha value is -1.76. The molecule has 3 heterocycles. The van der Waals surface area contributed by atoms with Gasteiger partial charge in [0.1, 0.15) is 4.83 Å². The lowest BCUT2D eigenvalue weighted by Gasteiger charge is -2.01. The minimum Gasteiger partial charge on any atom is -0.303 e. The second-order valence-electron chi connectivity index (χ2n) is 4.29. The van der Waals surface area contributed by atoms with Gasteiger partial charge >= 0.3 is 0 Å². The Morgan fingerprint density at radius 1 is 1.35 bits per heavy atom. The average Bonchev–Trinajstić information content (AvgIpc) is 2.99. The van der Waals surface area contributed by atoms with Gasteiger partial charge in [0.2, 0.25) is 0 Å². The van der Waals surface area contributed by atoms with Crippen LogP contribution in [0.25, 0.3) is 16.0 Å². The first kappa shape index (κ1) is 9.29. The summed E-state index contributed by atoms with van der Waals surface area (Å²) in [6.07, 6.45) is 3.23. The summed E-state index contributed by atoms with van der Waals surface area (Å²) in [5, 5.41) is 12.0. The summed E-state index contributed by atoms with van der Waals surface area (Å²) >= 11 is 1.70. The normalized spacial score (nSPS) is 14.9. The van der Waals surface area contributed by atoms with Crippen molar-refractivity contribution >= 4 is 27.3 Å². The third-order valence-corrected chi connectivity index (χ3v) is 4.73. The van der Waals surface area contributed by atoms with Crippen LogP contribution in [0.1, 0.15) is 16.9 Å². The molecule has 0 fully saturated rings. The van der Waals surface area contributed by atoms with E-state index in [1.807, 2.05) is 11.6 Å². The largest absolute Gasteiger partial charge is 0.303 e. The van der Waals surface area contributed by atoms with Crippen LogP contribution in [-0.2, 0) is 19.9 Å². The highest BCUT2D eigenvalue weighted by Gasteiger charge is 2.23. The fourth-order valence-corrected chi connectivity index (χ4v) is 3.90. The molecule has 3 aromatic heterocycles. The SMILES string of the molecule is Cn1c2sc3c(c2c(=O)n2nnnc12)CCC3. The molecule has 1 aliphatic rings. The highest BCUT2D eigenvalue weighted by atomic mass is 32.1. The van der Waals surface area contributed by atoms with Gasteiger partial charge in [0, 0.05) is 11.9 Å². The van der Waals surface area contributed by atoms with Crippen molar-refractivity contribution in [3.05, 3.63) is 20.8 Å². The number of thiophene rings is 1. The van der Waals surface area contributed by atoms with E-state index in [1.165, 1.54) is 15.0 Å². The van der Waals surface area contributed by atoms with Gasteiger partial charge in [-0.3, -0.25) is 4.79 Å². The Balaban J connectivity index is 2.35. The molecule has 86 valence electrons. The molecule has 0 N–H and O–H groups in total. The Labute approximate surface area is 99.5 Å². The van der Waals surface area contributed by atoms with Gasteiger partial charge in [0.15, 0.2) is 0 Å². The molecule has 1 aliphatic carbocycles. The number of hydrogen-bond acceptors (Lipinski definition) is 5. The highest BCUT2D eigenvalue weighted by Crippen LogP contribution is 2.35. The minimum absolute atomic E-state index is 0.0856. The van der Waals surface area contributed by atoms with Crippen molar-refractivity contribution in [1.82, 2.24) is 24.6 Å². The molecule has 0 saturated heterocycles. The van der Waals surface area contributed by atoms with Gasteiger partial charge < -0.3 is 4.57 Å². The fraction of sp³-hybridized carbons (Fsp3) is 0.400. The van der Waals surface area contributed by atoms with Gasteiger partial charge in [0.25, 0.3) is 11.3 Å². The molecule has 0 radical (unpaired) electrons. The molecule has 0 bridgehead atoms. The lowest BCUT2D eigenvalue weighted by molar-refractivity contribution is 0.796. The summed E-state index contributed by atoms with van der Waals surface area (Å²) in [6.45, 7) is 0. The summed E-state index contributed by atoms with van der Waals surface area (Å²) in [6, 6.07) is 0. The number of nitrogens with zero attached hydrogens (tertiary/aromatic N) is 5. The molecule has 17 heavy (non-hydrogen) atoms. The molecular formula is C10H9N5OS. The van der Waals surface area contributed by atoms with Gasteiger partial charge in [-0.1, -0.05) is 5.10 Å². The number of tetrazole rings is 1. The topological polar surface area (TPSA) is 65.1 Å². The van der Waals surface area contributed by atoms with Crippen LogP contribution in [0.4, 0.5) is 0 Å². The first-order valence-electron chi connectivity index (χ1n) is 5.48. The predicted octanol–water partition coefficient (Wildman–Crippen LogP) is 0.526. The van der Waals surface area contributed by atoms with Crippen molar-refractivity contribution in [2.24, 2.45) is 7.05 Å². The molecule has 7 heteroatoms. The van der Waals surface area contributed by atoms with E-state index in [4.69, 9.17) is 0 Å². The smallest absolute Gasteiger partial charge is 0.286 e. The van der Waals surface area contributed by atoms with Crippen LogP contribution in [-0.4, -0.2) is 24.6 Å². The number of fused-ring (bicyclic) bond motifs is 4. The van der Waals surface area contributed by atoms with Crippen LogP contribution in [0, 0.1) is 0 Å². The summed E-state index contributed by atoms with van der Waals surface area (Å²) in [5.41, 5.74) is 1.13. The first-order chi connectivity index (χ1) is 8.27. The van der Waals surface area contributed by atoms with Crippen molar-refractivity contribution in [2.75, 3.05) is 0 Å². The van der Waals surface area contributed by atoms with E-state index < -0.39 is 0 Å². The average molecular weight is 247 g/mol. The molecular weight excluding hydrogens is 238 g/mol. The number of aromatic nitrogens is 5. The Bertz CT molecular complexity index is 811. The Morgan fingerprint density at radius 2 is 2.24 bits per heavy atom. The molecule has 0 amide bonds. The van der Waals surface area contributed by atoms with E-state index in [0.717, 1.165) is 29.5 Å².